The highest BCUT2D eigenvalue weighted by atomic mass is 16.1. The van der Waals surface area contributed by atoms with Crippen LogP contribution in [0.5, 0.6) is 0 Å². The van der Waals surface area contributed by atoms with Crippen LogP contribution in [0.2, 0.25) is 0 Å². The Morgan fingerprint density at radius 2 is 1.85 bits per heavy atom. The fourth-order valence-corrected chi connectivity index (χ4v) is 3.61. The van der Waals surface area contributed by atoms with E-state index in [1.54, 1.807) is 0 Å². The molecule has 0 N–H and O–H groups in total. The number of hydrogen-bond donors (Lipinski definition) is 0. The lowest BCUT2D eigenvalue weighted by molar-refractivity contribution is 0.188. The van der Waals surface area contributed by atoms with E-state index >= 15 is 0 Å². The smallest absolute Gasteiger partial charge is 0.259 e. The van der Waals surface area contributed by atoms with E-state index in [1.807, 2.05) is 18.4 Å². The normalized spacial score (nSPS) is 14.7. The molecule has 0 spiro atoms. The van der Waals surface area contributed by atoms with Gasteiger partial charge in [0.25, 0.3) is 5.56 Å². The Balaban J connectivity index is 2.09. The topological polar surface area (TPSA) is 41.4 Å². The van der Waals surface area contributed by atoms with E-state index in [9.17, 15) is 4.79 Å². The fraction of sp³-hybridized carbons (Fsp3) is 0.545. The zero-order valence-corrected chi connectivity index (χ0v) is 17.5. The van der Waals surface area contributed by atoms with Gasteiger partial charge in [0.1, 0.15) is 0 Å². The zero-order valence-electron chi connectivity index (χ0n) is 17.5. The second kappa shape index (κ2) is 7.85. The molecule has 3 rings (SSSR count). The third-order valence-electron chi connectivity index (χ3n) is 5.55. The molecule has 27 heavy (non-hydrogen) atoms. The van der Waals surface area contributed by atoms with E-state index in [-0.39, 0.29) is 5.56 Å². The third kappa shape index (κ3) is 3.93. The maximum atomic E-state index is 13.1. The molecule has 0 saturated carbocycles. The molecule has 2 heterocycles. The molecule has 0 radical (unpaired) electrons. The first kappa shape index (κ1) is 19.6. The van der Waals surface area contributed by atoms with Crippen molar-refractivity contribution in [2.75, 3.05) is 18.1 Å². The van der Waals surface area contributed by atoms with Crippen LogP contribution in [0.25, 0.3) is 0 Å². The van der Waals surface area contributed by atoms with Crippen molar-refractivity contribution in [1.29, 1.82) is 0 Å². The molecule has 0 aliphatic carbocycles. The first-order valence-corrected chi connectivity index (χ1v) is 9.99. The zero-order chi connectivity index (χ0) is 19.7. The van der Waals surface area contributed by atoms with Crippen molar-refractivity contribution in [3.05, 3.63) is 50.9 Å². The average Bonchev–Trinajstić information content (AvgIpc) is 2.62. The molecule has 0 atom stereocenters. The van der Waals surface area contributed by atoms with Crippen LogP contribution in [0.1, 0.15) is 49.6 Å². The van der Waals surface area contributed by atoms with Crippen LogP contribution in [0.4, 0.5) is 11.6 Å². The van der Waals surface area contributed by atoms with Crippen LogP contribution in [-0.4, -0.2) is 27.7 Å². The van der Waals surface area contributed by atoms with E-state index in [0.29, 0.717) is 19.0 Å². The van der Waals surface area contributed by atoms with Crippen molar-refractivity contribution in [3.63, 3.8) is 0 Å². The number of hydrogen-bond acceptors (Lipinski definition) is 4. The summed E-state index contributed by atoms with van der Waals surface area (Å²) in [5.41, 5.74) is 5.39. The van der Waals surface area contributed by atoms with Gasteiger partial charge in [-0.15, -0.1) is 0 Å². The number of aryl methyl sites for hydroxylation is 3. The molecule has 146 valence electrons. The lowest BCUT2D eigenvalue weighted by atomic mass is 10.1. The molecular formula is C22H32N4O. The maximum absolute atomic E-state index is 13.1. The van der Waals surface area contributed by atoms with E-state index < -0.39 is 0 Å². The molecule has 2 aromatic rings. The second-order valence-corrected chi connectivity index (χ2v) is 8.12. The Labute approximate surface area is 162 Å². The molecule has 1 aliphatic rings. The summed E-state index contributed by atoms with van der Waals surface area (Å²) in [4.78, 5) is 22.5. The fourth-order valence-electron chi connectivity index (χ4n) is 3.61. The Hall–Kier alpha value is -2.14. The van der Waals surface area contributed by atoms with E-state index in [1.165, 1.54) is 11.1 Å². The lowest BCUT2D eigenvalue weighted by Gasteiger charge is -2.39. The van der Waals surface area contributed by atoms with Gasteiger partial charge in [0.15, 0.2) is 0 Å². The molecule has 0 saturated heterocycles. The number of nitrogens with zero attached hydrogens (tertiary/aromatic N) is 4. The van der Waals surface area contributed by atoms with Gasteiger partial charge in [-0.2, -0.15) is 0 Å². The van der Waals surface area contributed by atoms with Gasteiger partial charge < -0.3 is 0 Å². The number of anilines is 2. The van der Waals surface area contributed by atoms with Gasteiger partial charge in [-0.1, -0.05) is 26.8 Å². The van der Waals surface area contributed by atoms with Crippen LogP contribution in [0, 0.1) is 26.7 Å². The monoisotopic (exact) mass is 368 g/mol. The SMILES string of the molecule is CCc1c(C)nc2n(c1=O)CN(CCC(C)C)CN2c1ccc(C)c(C)c1. The minimum atomic E-state index is 0.100. The summed E-state index contributed by atoms with van der Waals surface area (Å²) in [5.74, 6) is 1.40. The minimum absolute atomic E-state index is 0.100. The summed E-state index contributed by atoms with van der Waals surface area (Å²) >= 11 is 0. The molecule has 0 amide bonds. The Morgan fingerprint density at radius 3 is 2.48 bits per heavy atom. The largest absolute Gasteiger partial charge is 0.298 e. The molecule has 5 heteroatoms. The van der Waals surface area contributed by atoms with Crippen molar-refractivity contribution in [3.8, 4) is 0 Å². The van der Waals surface area contributed by atoms with E-state index in [2.05, 4.69) is 55.7 Å². The van der Waals surface area contributed by atoms with Crippen molar-refractivity contribution < 1.29 is 0 Å². The minimum Gasteiger partial charge on any atom is -0.298 e. The number of rotatable bonds is 5. The highest BCUT2D eigenvalue weighted by Gasteiger charge is 2.27. The van der Waals surface area contributed by atoms with Gasteiger partial charge in [-0.3, -0.25) is 19.2 Å². The third-order valence-corrected chi connectivity index (χ3v) is 5.55. The summed E-state index contributed by atoms with van der Waals surface area (Å²) in [6.45, 7) is 15.1. The van der Waals surface area contributed by atoms with Gasteiger partial charge in [-0.05, 0) is 62.8 Å². The number of benzene rings is 1. The van der Waals surface area contributed by atoms with Gasteiger partial charge in [-0.25, -0.2) is 4.98 Å². The standard InChI is InChI=1S/C22H32N4O/c1-7-20-18(6)23-22-25(19-9-8-16(4)17(5)12-19)13-24(11-10-15(2)3)14-26(22)21(20)27/h8-9,12,15H,7,10-11,13-14H2,1-6H3. The molecular weight excluding hydrogens is 336 g/mol. The van der Waals surface area contributed by atoms with E-state index in [4.69, 9.17) is 4.98 Å². The van der Waals surface area contributed by atoms with Crippen molar-refractivity contribution in [2.24, 2.45) is 5.92 Å². The molecule has 1 aliphatic heterocycles. The predicted molar refractivity (Wildman–Crippen MR) is 112 cm³/mol. The number of aromatic nitrogens is 2. The molecule has 0 bridgehead atoms. The Kier molecular flexibility index (Phi) is 5.70. The highest BCUT2D eigenvalue weighted by Crippen LogP contribution is 2.29. The van der Waals surface area contributed by atoms with Crippen LogP contribution in [0.3, 0.4) is 0 Å². The predicted octanol–water partition coefficient (Wildman–Crippen LogP) is 4.15. The Morgan fingerprint density at radius 1 is 1.11 bits per heavy atom. The second-order valence-electron chi connectivity index (χ2n) is 8.12. The molecule has 0 unspecified atom stereocenters. The molecule has 1 aromatic heterocycles. The van der Waals surface area contributed by atoms with Crippen molar-refractivity contribution in [2.45, 2.75) is 61.1 Å². The summed E-state index contributed by atoms with van der Waals surface area (Å²) in [5, 5.41) is 0. The van der Waals surface area contributed by atoms with Crippen LogP contribution in [-0.2, 0) is 13.1 Å². The van der Waals surface area contributed by atoms with Crippen molar-refractivity contribution in [1.82, 2.24) is 14.5 Å². The van der Waals surface area contributed by atoms with Gasteiger partial charge in [0, 0.05) is 23.5 Å². The van der Waals surface area contributed by atoms with E-state index in [0.717, 1.165) is 42.5 Å². The summed E-state index contributed by atoms with van der Waals surface area (Å²) in [6.07, 6.45) is 1.83. The summed E-state index contributed by atoms with van der Waals surface area (Å²) in [7, 11) is 0. The van der Waals surface area contributed by atoms with Crippen molar-refractivity contribution >= 4 is 11.6 Å². The summed E-state index contributed by atoms with van der Waals surface area (Å²) < 4.78 is 1.85. The quantitative estimate of drug-likeness (QED) is 0.795. The molecule has 5 nitrogen and oxygen atoms in total. The van der Waals surface area contributed by atoms with Gasteiger partial charge in [0.05, 0.1) is 13.3 Å². The average molecular weight is 369 g/mol. The van der Waals surface area contributed by atoms with Gasteiger partial charge in [0.2, 0.25) is 5.95 Å². The lowest BCUT2D eigenvalue weighted by Crippen LogP contribution is -2.48. The highest BCUT2D eigenvalue weighted by molar-refractivity contribution is 5.60. The molecule has 0 fully saturated rings. The first-order valence-electron chi connectivity index (χ1n) is 9.99. The maximum Gasteiger partial charge on any atom is 0.259 e. The van der Waals surface area contributed by atoms with Crippen LogP contribution < -0.4 is 10.5 Å². The molecule has 1 aromatic carbocycles. The van der Waals surface area contributed by atoms with Crippen LogP contribution in [0.15, 0.2) is 23.0 Å². The Bertz CT molecular complexity index is 885. The number of fused-ring (bicyclic) bond motifs is 1. The van der Waals surface area contributed by atoms with Crippen LogP contribution >= 0.6 is 0 Å². The first-order chi connectivity index (χ1) is 12.8. The summed E-state index contributed by atoms with van der Waals surface area (Å²) in [6, 6.07) is 6.47. The van der Waals surface area contributed by atoms with Gasteiger partial charge >= 0.3 is 0 Å².